The van der Waals surface area contributed by atoms with Gasteiger partial charge in [-0.2, -0.15) is 8.78 Å². The van der Waals surface area contributed by atoms with Crippen molar-refractivity contribution in [3.8, 4) is 16.9 Å². The number of aromatic nitrogens is 4. The van der Waals surface area contributed by atoms with Gasteiger partial charge in [0.2, 0.25) is 5.82 Å². The molecule has 0 aliphatic heterocycles. The number of alkyl halides is 5. The molecule has 0 spiro atoms. The van der Waals surface area contributed by atoms with Crippen LogP contribution < -0.4 is 4.74 Å². The zero-order valence-electron chi connectivity index (χ0n) is 17.7. The standard InChI is InChI=1S/C24H15F5N4O2/c25-23(26,34-14-17-11-12-30-20-4-2-1-3-19(17)20)22-32-31-21-10-7-16(13-33(21)22)15-5-8-18(9-6-15)35-24(27,28)29/h1-13H,14H2. The summed E-state index contributed by atoms with van der Waals surface area (Å²) >= 11 is 0. The third-order valence-corrected chi connectivity index (χ3v) is 5.23. The molecule has 0 saturated carbocycles. The van der Waals surface area contributed by atoms with Crippen molar-refractivity contribution in [2.24, 2.45) is 0 Å². The minimum Gasteiger partial charge on any atom is -0.406 e. The molecule has 0 amide bonds. The second-order valence-electron chi connectivity index (χ2n) is 7.53. The van der Waals surface area contributed by atoms with Crippen molar-refractivity contribution >= 4 is 16.6 Å². The summed E-state index contributed by atoms with van der Waals surface area (Å²) in [6.07, 6.45) is -5.72. The molecular weight excluding hydrogens is 471 g/mol. The highest BCUT2D eigenvalue weighted by molar-refractivity contribution is 5.81. The maximum atomic E-state index is 15.1. The molecule has 3 aromatic heterocycles. The Morgan fingerprint density at radius 2 is 1.54 bits per heavy atom. The van der Waals surface area contributed by atoms with E-state index in [0.717, 1.165) is 16.5 Å². The summed E-state index contributed by atoms with van der Waals surface area (Å²) in [7, 11) is 0. The van der Waals surface area contributed by atoms with Crippen molar-refractivity contribution in [3.05, 3.63) is 90.5 Å². The Morgan fingerprint density at radius 3 is 2.31 bits per heavy atom. The van der Waals surface area contributed by atoms with E-state index in [-0.39, 0.29) is 5.65 Å². The average Bonchev–Trinajstić information content (AvgIpc) is 3.26. The highest BCUT2D eigenvalue weighted by atomic mass is 19.4. The van der Waals surface area contributed by atoms with E-state index < -0.39 is 30.7 Å². The number of pyridine rings is 2. The van der Waals surface area contributed by atoms with Gasteiger partial charge in [0.1, 0.15) is 5.75 Å². The molecular formula is C24H15F5N4O2. The second kappa shape index (κ2) is 8.58. The quantitative estimate of drug-likeness (QED) is 0.271. The lowest BCUT2D eigenvalue weighted by Crippen LogP contribution is -2.21. The Kier molecular flexibility index (Phi) is 5.56. The van der Waals surface area contributed by atoms with Gasteiger partial charge >= 0.3 is 12.5 Å². The molecule has 0 radical (unpaired) electrons. The van der Waals surface area contributed by atoms with E-state index in [1.807, 2.05) is 0 Å². The predicted octanol–water partition coefficient (Wildman–Crippen LogP) is 6.11. The van der Waals surface area contributed by atoms with Crippen LogP contribution >= 0.6 is 0 Å². The summed E-state index contributed by atoms with van der Waals surface area (Å²) < 4.78 is 77.2. The Morgan fingerprint density at radius 1 is 0.800 bits per heavy atom. The van der Waals surface area contributed by atoms with Crippen LogP contribution in [0.2, 0.25) is 0 Å². The number of hydrogen-bond donors (Lipinski definition) is 0. The number of ether oxygens (including phenoxy) is 2. The van der Waals surface area contributed by atoms with Gasteiger partial charge < -0.3 is 9.47 Å². The first-order chi connectivity index (χ1) is 16.7. The van der Waals surface area contributed by atoms with Gasteiger partial charge in [-0.1, -0.05) is 30.3 Å². The fourth-order valence-corrected chi connectivity index (χ4v) is 3.62. The minimum atomic E-state index is -4.81. The van der Waals surface area contributed by atoms with Crippen molar-refractivity contribution in [2.45, 2.75) is 19.1 Å². The van der Waals surface area contributed by atoms with E-state index in [9.17, 15) is 13.2 Å². The second-order valence-corrected chi connectivity index (χ2v) is 7.53. The summed E-state index contributed by atoms with van der Waals surface area (Å²) in [6.45, 7) is -0.398. The molecule has 11 heteroatoms. The van der Waals surface area contributed by atoms with E-state index in [0.29, 0.717) is 27.6 Å². The maximum absolute atomic E-state index is 15.1. The van der Waals surface area contributed by atoms with Gasteiger partial charge in [-0.25, -0.2) is 0 Å². The molecule has 5 rings (SSSR count). The predicted molar refractivity (Wildman–Crippen MR) is 116 cm³/mol. The SMILES string of the molecule is FC(F)(F)Oc1ccc(-c2ccc3nnc(C(F)(F)OCc4ccnc5ccccc45)n3c2)cc1. The lowest BCUT2D eigenvalue weighted by atomic mass is 10.1. The van der Waals surface area contributed by atoms with Gasteiger partial charge in [0.15, 0.2) is 5.65 Å². The number of hydrogen-bond acceptors (Lipinski definition) is 5. The van der Waals surface area contributed by atoms with E-state index in [2.05, 4.69) is 19.9 Å². The number of para-hydroxylation sites is 1. The van der Waals surface area contributed by atoms with Gasteiger partial charge in [0.25, 0.3) is 0 Å². The molecule has 2 aromatic carbocycles. The van der Waals surface area contributed by atoms with Gasteiger partial charge in [0, 0.05) is 17.8 Å². The molecule has 0 unspecified atom stereocenters. The first-order valence-electron chi connectivity index (χ1n) is 10.3. The van der Waals surface area contributed by atoms with E-state index in [1.165, 1.54) is 30.6 Å². The molecule has 0 aliphatic carbocycles. The molecule has 178 valence electrons. The van der Waals surface area contributed by atoms with Crippen molar-refractivity contribution in [1.82, 2.24) is 19.6 Å². The Hall–Kier alpha value is -4.12. The summed E-state index contributed by atoms with van der Waals surface area (Å²) in [5, 5.41) is 8.08. The van der Waals surface area contributed by atoms with Crippen LogP contribution in [0.4, 0.5) is 22.0 Å². The largest absolute Gasteiger partial charge is 0.573 e. The first kappa shape index (κ1) is 22.7. The number of benzene rings is 2. The molecule has 3 heterocycles. The summed E-state index contributed by atoms with van der Waals surface area (Å²) in [6, 6.07) is 16.8. The molecule has 0 atom stereocenters. The number of rotatable bonds is 6. The molecule has 0 N–H and O–H groups in total. The van der Waals surface area contributed by atoms with Gasteiger partial charge in [-0.3, -0.25) is 9.38 Å². The van der Waals surface area contributed by atoms with Crippen LogP contribution in [0.25, 0.3) is 27.7 Å². The molecule has 6 nitrogen and oxygen atoms in total. The van der Waals surface area contributed by atoms with Crippen molar-refractivity contribution in [3.63, 3.8) is 0 Å². The Labute approximate surface area is 194 Å². The van der Waals surface area contributed by atoms with Gasteiger partial charge in [0.05, 0.1) is 12.1 Å². The highest BCUT2D eigenvalue weighted by Gasteiger charge is 2.39. The maximum Gasteiger partial charge on any atom is 0.573 e. The lowest BCUT2D eigenvalue weighted by Gasteiger charge is -2.16. The van der Waals surface area contributed by atoms with Crippen LogP contribution in [0, 0.1) is 0 Å². The van der Waals surface area contributed by atoms with Crippen molar-refractivity contribution in [2.75, 3.05) is 0 Å². The van der Waals surface area contributed by atoms with E-state index >= 15 is 8.78 Å². The van der Waals surface area contributed by atoms with Gasteiger partial charge in [-0.05, 0) is 53.1 Å². The summed E-state index contributed by atoms with van der Waals surface area (Å²) in [4.78, 5) is 4.21. The van der Waals surface area contributed by atoms with Crippen LogP contribution in [0.1, 0.15) is 11.4 Å². The minimum absolute atomic E-state index is 0.151. The van der Waals surface area contributed by atoms with Crippen LogP contribution in [0.3, 0.4) is 0 Å². The van der Waals surface area contributed by atoms with Crippen LogP contribution in [0.5, 0.6) is 5.75 Å². The number of halogens is 5. The van der Waals surface area contributed by atoms with Crippen LogP contribution in [0.15, 0.2) is 79.1 Å². The summed E-state index contributed by atoms with van der Waals surface area (Å²) in [5.74, 6) is -1.12. The fraction of sp³-hybridized carbons (Fsp3) is 0.125. The monoisotopic (exact) mass is 486 g/mol. The number of nitrogens with zero attached hydrogens (tertiary/aromatic N) is 4. The Balaban J connectivity index is 1.41. The van der Waals surface area contributed by atoms with Crippen LogP contribution in [-0.4, -0.2) is 25.9 Å². The first-order valence-corrected chi connectivity index (χ1v) is 10.3. The molecule has 0 aliphatic rings. The molecule has 5 aromatic rings. The normalized spacial score (nSPS) is 12.4. The molecule has 0 fully saturated rings. The smallest absolute Gasteiger partial charge is 0.406 e. The highest BCUT2D eigenvalue weighted by Crippen LogP contribution is 2.32. The Bertz CT molecular complexity index is 1490. The van der Waals surface area contributed by atoms with Crippen molar-refractivity contribution in [1.29, 1.82) is 0 Å². The zero-order chi connectivity index (χ0) is 24.6. The molecule has 0 bridgehead atoms. The molecule has 0 saturated heterocycles. The van der Waals surface area contributed by atoms with Gasteiger partial charge in [-0.15, -0.1) is 23.4 Å². The van der Waals surface area contributed by atoms with Crippen molar-refractivity contribution < 1.29 is 31.4 Å². The fourth-order valence-electron chi connectivity index (χ4n) is 3.62. The third kappa shape index (κ3) is 4.76. The zero-order valence-corrected chi connectivity index (χ0v) is 17.7. The van der Waals surface area contributed by atoms with E-state index in [1.54, 1.807) is 36.4 Å². The molecule has 35 heavy (non-hydrogen) atoms. The number of fused-ring (bicyclic) bond motifs is 2. The average molecular weight is 486 g/mol. The third-order valence-electron chi connectivity index (χ3n) is 5.23. The topological polar surface area (TPSA) is 61.5 Å². The summed E-state index contributed by atoms with van der Waals surface area (Å²) in [5.41, 5.74) is 2.27. The van der Waals surface area contributed by atoms with E-state index in [4.69, 9.17) is 4.74 Å². The lowest BCUT2D eigenvalue weighted by molar-refractivity contribution is -0.274. The van der Waals surface area contributed by atoms with Crippen LogP contribution in [-0.2, 0) is 17.5 Å².